The zero-order valence-electron chi connectivity index (χ0n) is 10.9. The highest BCUT2D eigenvalue weighted by Gasteiger charge is 2.34. The van der Waals surface area contributed by atoms with Gasteiger partial charge in [-0.2, -0.15) is 22.5 Å². The monoisotopic (exact) mass is 276 g/mol. The number of rotatable bonds is 2. The first-order valence-electron chi connectivity index (χ1n) is 6.29. The number of hydrogen-bond acceptors (Lipinski definition) is 2. The Morgan fingerprint density at radius 3 is 2.16 bits per heavy atom. The molecule has 0 spiro atoms. The van der Waals surface area contributed by atoms with Crippen molar-refractivity contribution in [2.75, 3.05) is 5.32 Å². The van der Waals surface area contributed by atoms with Gasteiger partial charge in [0.05, 0.1) is 0 Å². The largest absolute Gasteiger partial charge is 0.377 e. The summed E-state index contributed by atoms with van der Waals surface area (Å²) in [5.41, 5.74) is -0.946. The van der Waals surface area contributed by atoms with Gasteiger partial charge in [-0.1, -0.05) is 26.7 Å². The summed E-state index contributed by atoms with van der Waals surface area (Å²) < 4.78 is 53.2. The van der Waals surface area contributed by atoms with Crippen LogP contribution in [0.3, 0.4) is 0 Å². The van der Waals surface area contributed by atoms with E-state index in [1.54, 1.807) is 0 Å². The van der Waals surface area contributed by atoms with E-state index in [1.807, 2.05) is 13.8 Å². The molecule has 0 radical (unpaired) electrons. The molecule has 0 bridgehead atoms. The minimum Gasteiger partial charge on any atom is -0.377 e. The van der Waals surface area contributed by atoms with Crippen molar-refractivity contribution in [2.45, 2.75) is 45.6 Å². The first kappa shape index (κ1) is 14.1. The summed E-state index contributed by atoms with van der Waals surface area (Å²) in [7, 11) is 0. The summed E-state index contributed by atoms with van der Waals surface area (Å²) in [6.45, 7) is 3.93. The van der Waals surface area contributed by atoms with Crippen molar-refractivity contribution in [3.63, 3.8) is 0 Å². The molecule has 1 fully saturated rings. The minimum absolute atomic E-state index is 0.187. The Kier molecular flexibility index (Phi) is 3.69. The number of nitrogens with one attached hydrogen (secondary N) is 1. The average Bonchev–Trinajstić information content (AvgIpc) is 2.33. The van der Waals surface area contributed by atoms with Crippen LogP contribution in [-0.4, -0.2) is 11.0 Å². The quantitative estimate of drug-likeness (QED) is 0.652. The van der Waals surface area contributed by atoms with Crippen LogP contribution in [0.5, 0.6) is 0 Å². The van der Waals surface area contributed by atoms with Gasteiger partial charge in [-0.25, -0.2) is 0 Å². The SMILES string of the molecule is CC1(C)CCCCC1Nc1c(F)c(F)nc(F)c1F. The van der Waals surface area contributed by atoms with E-state index in [0.717, 1.165) is 19.3 Å². The molecule has 1 aromatic heterocycles. The van der Waals surface area contributed by atoms with E-state index in [0.29, 0.717) is 6.42 Å². The fourth-order valence-corrected chi connectivity index (χ4v) is 2.55. The van der Waals surface area contributed by atoms with Gasteiger partial charge in [0.25, 0.3) is 11.9 Å². The van der Waals surface area contributed by atoms with Crippen LogP contribution < -0.4 is 5.32 Å². The fraction of sp³-hybridized carbons (Fsp3) is 0.615. The summed E-state index contributed by atoms with van der Waals surface area (Å²) in [5.74, 6) is -6.20. The van der Waals surface area contributed by atoms with Crippen LogP contribution in [0.15, 0.2) is 0 Å². The van der Waals surface area contributed by atoms with Gasteiger partial charge in [0.2, 0.25) is 11.6 Å². The molecule has 6 heteroatoms. The first-order valence-corrected chi connectivity index (χ1v) is 6.29. The van der Waals surface area contributed by atoms with Gasteiger partial charge in [0.15, 0.2) is 0 Å². The fourth-order valence-electron chi connectivity index (χ4n) is 2.55. The minimum atomic E-state index is -1.63. The first-order chi connectivity index (χ1) is 8.83. The summed E-state index contributed by atoms with van der Waals surface area (Å²) in [4.78, 5) is 2.54. The molecular formula is C13H16F4N2. The van der Waals surface area contributed by atoms with Gasteiger partial charge in [0, 0.05) is 6.04 Å². The van der Waals surface area contributed by atoms with Gasteiger partial charge in [-0.3, -0.25) is 0 Å². The molecule has 1 saturated carbocycles. The molecule has 1 N–H and O–H groups in total. The molecule has 0 aliphatic heterocycles. The lowest BCUT2D eigenvalue weighted by Crippen LogP contribution is -2.39. The normalized spacial score (nSPS) is 22.3. The van der Waals surface area contributed by atoms with Gasteiger partial charge in [-0.15, -0.1) is 0 Å². The molecule has 19 heavy (non-hydrogen) atoms. The molecule has 2 rings (SSSR count). The number of aromatic nitrogens is 1. The third-order valence-corrected chi connectivity index (χ3v) is 3.82. The highest BCUT2D eigenvalue weighted by atomic mass is 19.2. The second kappa shape index (κ2) is 4.98. The lowest BCUT2D eigenvalue weighted by molar-refractivity contribution is 0.215. The molecule has 1 aromatic rings. The van der Waals surface area contributed by atoms with E-state index in [4.69, 9.17) is 0 Å². The van der Waals surface area contributed by atoms with Crippen molar-refractivity contribution in [1.82, 2.24) is 4.98 Å². The van der Waals surface area contributed by atoms with Crippen LogP contribution >= 0.6 is 0 Å². The van der Waals surface area contributed by atoms with E-state index in [1.165, 1.54) is 0 Å². The molecule has 106 valence electrons. The number of pyridine rings is 1. The van der Waals surface area contributed by atoms with Crippen molar-refractivity contribution in [3.05, 3.63) is 23.5 Å². The molecule has 1 aliphatic carbocycles. The predicted molar refractivity (Wildman–Crippen MR) is 63.7 cm³/mol. The Morgan fingerprint density at radius 1 is 1.05 bits per heavy atom. The Hall–Kier alpha value is -1.33. The summed E-state index contributed by atoms with van der Waals surface area (Å²) in [6, 6.07) is -0.230. The second-order valence-electron chi connectivity index (χ2n) is 5.63. The third-order valence-electron chi connectivity index (χ3n) is 3.82. The van der Waals surface area contributed by atoms with E-state index in [2.05, 4.69) is 10.3 Å². The van der Waals surface area contributed by atoms with Gasteiger partial charge >= 0.3 is 0 Å². The van der Waals surface area contributed by atoms with E-state index in [9.17, 15) is 17.6 Å². The zero-order valence-corrected chi connectivity index (χ0v) is 10.9. The lowest BCUT2D eigenvalue weighted by atomic mass is 9.73. The number of nitrogens with zero attached hydrogens (tertiary/aromatic N) is 1. The third kappa shape index (κ3) is 2.67. The van der Waals surface area contributed by atoms with Crippen LogP contribution in [0.1, 0.15) is 39.5 Å². The molecule has 1 heterocycles. The van der Waals surface area contributed by atoms with Gasteiger partial charge in [-0.05, 0) is 18.3 Å². The highest BCUT2D eigenvalue weighted by molar-refractivity contribution is 5.46. The Labute approximate surface area is 109 Å². The van der Waals surface area contributed by atoms with Crippen molar-refractivity contribution < 1.29 is 17.6 Å². The molecule has 2 nitrogen and oxygen atoms in total. The van der Waals surface area contributed by atoms with Crippen LogP contribution in [-0.2, 0) is 0 Å². The summed E-state index contributed by atoms with van der Waals surface area (Å²) >= 11 is 0. The van der Waals surface area contributed by atoms with E-state index < -0.39 is 29.2 Å². The standard InChI is InChI=1S/C13H16F4N2/c1-13(2)6-4-3-5-7(13)18-10-8(14)11(16)19-12(17)9(10)15/h7H,3-6H2,1-2H3,(H,18,19). The van der Waals surface area contributed by atoms with Crippen molar-refractivity contribution in [2.24, 2.45) is 5.41 Å². The number of anilines is 1. The second-order valence-corrected chi connectivity index (χ2v) is 5.63. The van der Waals surface area contributed by atoms with Gasteiger partial charge < -0.3 is 5.32 Å². The topological polar surface area (TPSA) is 24.9 Å². The van der Waals surface area contributed by atoms with Crippen LogP contribution in [0, 0.1) is 28.9 Å². The summed E-state index contributed by atoms with van der Waals surface area (Å²) in [5, 5.41) is 2.62. The molecule has 1 aliphatic rings. The maximum absolute atomic E-state index is 13.5. The maximum Gasteiger partial charge on any atom is 0.253 e. The highest BCUT2D eigenvalue weighted by Crippen LogP contribution is 2.38. The van der Waals surface area contributed by atoms with E-state index in [-0.39, 0.29) is 11.5 Å². The molecule has 0 amide bonds. The van der Waals surface area contributed by atoms with Crippen molar-refractivity contribution in [3.8, 4) is 0 Å². The van der Waals surface area contributed by atoms with Gasteiger partial charge in [0.1, 0.15) is 5.69 Å². The Morgan fingerprint density at radius 2 is 1.63 bits per heavy atom. The van der Waals surface area contributed by atoms with Crippen molar-refractivity contribution >= 4 is 5.69 Å². The van der Waals surface area contributed by atoms with Crippen molar-refractivity contribution in [1.29, 1.82) is 0 Å². The molecule has 0 saturated heterocycles. The van der Waals surface area contributed by atoms with Crippen LogP contribution in [0.2, 0.25) is 0 Å². The number of halogens is 4. The Bertz CT molecular complexity index is 462. The molecule has 1 unspecified atom stereocenters. The zero-order chi connectivity index (χ0) is 14.2. The van der Waals surface area contributed by atoms with Crippen LogP contribution in [0.25, 0.3) is 0 Å². The average molecular weight is 276 g/mol. The maximum atomic E-state index is 13.5. The lowest BCUT2D eigenvalue weighted by Gasteiger charge is -2.39. The molecule has 1 atom stereocenters. The molecule has 0 aromatic carbocycles. The Balaban J connectivity index is 2.33. The van der Waals surface area contributed by atoms with E-state index >= 15 is 0 Å². The smallest absolute Gasteiger partial charge is 0.253 e. The predicted octanol–water partition coefficient (Wildman–Crippen LogP) is 4.02. The van der Waals surface area contributed by atoms with Crippen LogP contribution in [0.4, 0.5) is 23.2 Å². The summed E-state index contributed by atoms with van der Waals surface area (Å²) in [6.07, 6.45) is 3.55. The molecular weight excluding hydrogens is 260 g/mol. The number of hydrogen-bond donors (Lipinski definition) is 1.